The van der Waals surface area contributed by atoms with Gasteiger partial charge >= 0.3 is 0 Å². The van der Waals surface area contributed by atoms with Gasteiger partial charge in [0.15, 0.2) is 0 Å². The van der Waals surface area contributed by atoms with Crippen LogP contribution in [0.25, 0.3) is 0 Å². The van der Waals surface area contributed by atoms with Crippen molar-refractivity contribution in [3.05, 3.63) is 106 Å². The lowest BCUT2D eigenvalue weighted by molar-refractivity contribution is -0.194. The van der Waals surface area contributed by atoms with Crippen LogP contribution in [-0.2, 0) is 17.6 Å². The van der Waals surface area contributed by atoms with Crippen LogP contribution in [0.3, 0.4) is 0 Å². The lowest BCUT2D eigenvalue weighted by atomic mass is 9.45. The first kappa shape index (κ1) is 41.7. The molecule has 0 radical (unpaired) electrons. The number of rotatable bonds is 12. The number of aliphatic hydroxyl groups is 4. The molecule has 1 heterocycles. The van der Waals surface area contributed by atoms with Crippen LogP contribution in [0.4, 0.5) is 0 Å². The Morgan fingerprint density at radius 1 is 1.11 bits per heavy atom. The zero-order chi connectivity index (χ0) is 39.2. The van der Waals surface area contributed by atoms with Gasteiger partial charge in [-0.2, -0.15) is 0 Å². The number of carbonyl (C=O) groups excluding carboxylic acids is 1. The second-order valence-corrected chi connectivity index (χ2v) is 17.7. The summed E-state index contributed by atoms with van der Waals surface area (Å²) in [5.41, 5.74) is 5.34. The van der Waals surface area contributed by atoms with Gasteiger partial charge in [0, 0.05) is 36.4 Å². The Balaban J connectivity index is 1.25. The van der Waals surface area contributed by atoms with Gasteiger partial charge in [-0.15, -0.1) is 0 Å². The minimum Gasteiger partial charge on any atom is -0.396 e. The molecule has 0 amide bonds. The molecule has 0 unspecified atom stereocenters. The first-order valence-corrected chi connectivity index (χ1v) is 21.2. The van der Waals surface area contributed by atoms with Crippen LogP contribution in [0.15, 0.2) is 95.2 Å². The van der Waals surface area contributed by atoms with Crippen LogP contribution in [0.1, 0.15) is 89.2 Å². The molecule has 1 aromatic rings. The Kier molecular flexibility index (Phi) is 14.1. The van der Waals surface area contributed by atoms with Crippen molar-refractivity contribution in [3.8, 4) is 0 Å². The molecule has 6 N–H and O–H groups in total. The van der Waals surface area contributed by atoms with E-state index in [0.29, 0.717) is 50.3 Å². The maximum atomic E-state index is 12.8. The molecule has 5 aliphatic rings. The Bertz CT molecular complexity index is 1670. The molecule has 1 aromatic carbocycles. The highest BCUT2D eigenvalue weighted by Crippen LogP contribution is 2.67. The number of hydrogen-bond donors (Lipinski definition) is 6. The Hall–Kier alpha value is -2.91. The topological polar surface area (TPSA) is 122 Å². The van der Waals surface area contributed by atoms with Crippen LogP contribution >= 0.6 is 0 Å². The van der Waals surface area contributed by atoms with E-state index in [1.165, 1.54) is 42.4 Å². The van der Waals surface area contributed by atoms with Crippen LogP contribution in [-0.4, -0.2) is 77.8 Å². The van der Waals surface area contributed by atoms with Crippen molar-refractivity contribution >= 4 is 6.29 Å². The van der Waals surface area contributed by atoms with Crippen LogP contribution < -0.4 is 10.6 Å². The van der Waals surface area contributed by atoms with E-state index in [4.69, 9.17) is 0 Å². The number of allylic oxidation sites excluding steroid dienone is 9. The smallest absolute Gasteiger partial charge is 0.145 e. The molecule has 300 valence electrons. The number of hydrogen-bond acceptors (Lipinski definition) is 7. The maximum Gasteiger partial charge on any atom is 0.145 e. The molecule has 9 atom stereocenters. The lowest BCUT2D eigenvalue weighted by Crippen LogP contribution is -2.65. The Labute approximate surface area is 330 Å². The zero-order valence-corrected chi connectivity index (χ0v) is 33.7. The summed E-state index contributed by atoms with van der Waals surface area (Å²) in [5.74, 6) is 0.0642. The van der Waals surface area contributed by atoms with Crippen molar-refractivity contribution < 1.29 is 25.2 Å². The van der Waals surface area contributed by atoms with E-state index in [0.717, 1.165) is 54.7 Å². The number of nitrogens with one attached hydrogen (secondary N) is 2. The van der Waals surface area contributed by atoms with Gasteiger partial charge in [0.2, 0.25) is 0 Å². The molecule has 3 saturated carbocycles. The second kappa shape index (κ2) is 18.6. The highest BCUT2D eigenvalue weighted by atomic mass is 16.3. The fraction of sp³-hybridized carbons (Fsp3) is 0.604. The zero-order valence-electron chi connectivity index (χ0n) is 33.7. The lowest BCUT2D eigenvalue weighted by Gasteiger charge is -2.61. The Morgan fingerprint density at radius 3 is 2.58 bits per heavy atom. The molecule has 3 fully saturated rings. The minimum atomic E-state index is -1.21. The maximum absolute atomic E-state index is 12.8. The summed E-state index contributed by atoms with van der Waals surface area (Å²) in [5, 5.41) is 53.5. The van der Waals surface area contributed by atoms with Gasteiger partial charge in [-0.05, 0) is 138 Å². The molecule has 7 nitrogen and oxygen atoms in total. The van der Waals surface area contributed by atoms with Gasteiger partial charge in [0.25, 0.3) is 0 Å². The van der Waals surface area contributed by atoms with Gasteiger partial charge in [-0.3, -0.25) is 4.79 Å². The van der Waals surface area contributed by atoms with Crippen LogP contribution in [0, 0.1) is 40.9 Å². The third-order valence-corrected chi connectivity index (χ3v) is 14.5. The van der Waals surface area contributed by atoms with Gasteiger partial charge in [0.05, 0.1) is 18.3 Å². The molecule has 0 aromatic heterocycles. The van der Waals surface area contributed by atoms with Crippen LogP contribution in [0.5, 0.6) is 0 Å². The predicted octanol–water partition coefficient (Wildman–Crippen LogP) is 6.74. The molecular weight excluding hydrogens is 685 g/mol. The standard InChI is InChI=1S/C48H68N2O5/c1-32-15-16-39(26-35-10-8-11-36(25-35)27-43(50-29-32)37-12-5-6-13-37)33(2)9-7-14-41(31-53)42-19-21-48(46(42)54)45-38(20-24-51)17-18-40(44(45)34(3)30-52)28-47(48,55)22-23-49-4/h7-11,14-15,17-18,25,30,37-40,42-43,45-46,49-51,53-55H,2,5-6,12-13,16,19-24,26-29,31H2,1,3-4H3/b9-7+,32-15+,41-14-,44-34?/t38-,39-,40-,42-,43+,45-,46+,47+,48+/m0/s1. The first-order valence-electron chi connectivity index (χ1n) is 21.2. The molecule has 1 spiro atoms. The normalized spacial score (nSPS) is 36.4. The monoisotopic (exact) mass is 753 g/mol. The van der Waals surface area contributed by atoms with E-state index >= 15 is 0 Å². The summed E-state index contributed by atoms with van der Waals surface area (Å²) >= 11 is 0. The molecule has 1 aliphatic heterocycles. The minimum absolute atomic E-state index is 0.0236. The molecule has 0 saturated heterocycles. The third-order valence-electron chi connectivity index (χ3n) is 14.5. The fourth-order valence-electron chi connectivity index (χ4n) is 11.6. The predicted molar refractivity (Wildman–Crippen MR) is 222 cm³/mol. The quantitative estimate of drug-likeness (QED) is 0.0606. The molecule has 7 heteroatoms. The van der Waals surface area contributed by atoms with E-state index in [1.54, 1.807) is 0 Å². The SMILES string of the molecule is C=C(/C=C/C=C(/CO)[C@@H]1CC[C@]2([C@@H]1O)[C@@H]1C(=C(C)C=O)[C@@H](C=C[C@H]1CCO)C[C@]2(O)CCNC)[C@H]1C/C=C(\C)CN[C@@H](C2CCCC2)Cc2cccc(c2)C1. The van der Waals surface area contributed by atoms with Crippen molar-refractivity contribution in [1.29, 1.82) is 0 Å². The van der Waals surface area contributed by atoms with Crippen molar-refractivity contribution in [1.82, 2.24) is 10.6 Å². The van der Waals surface area contributed by atoms with Crippen molar-refractivity contribution in [2.45, 2.75) is 109 Å². The fourth-order valence-corrected chi connectivity index (χ4v) is 11.6. The van der Waals surface area contributed by atoms with Gasteiger partial charge in [-0.25, -0.2) is 0 Å². The average molecular weight is 753 g/mol. The van der Waals surface area contributed by atoms with Crippen LogP contribution in [0.2, 0.25) is 0 Å². The van der Waals surface area contributed by atoms with E-state index in [9.17, 15) is 25.2 Å². The summed E-state index contributed by atoms with van der Waals surface area (Å²) in [6.07, 6.45) is 23.3. The van der Waals surface area contributed by atoms with Crippen molar-refractivity contribution in [2.75, 3.05) is 33.4 Å². The number of fused-ring (bicyclic) bond motifs is 5. The average Bonchev–Trinajstić information content (AvgIpc) is 3.84. The molecule has 55 heavy (non-hydrogen) atoms. The number of carbonyl (C=O) groups is 1. The van der Waals surface area contributed by atoms with E-state index in [2.05, 4.69) is 72.7 Å². The Morgan fingerprint density at radius 2 is 1.87 bits per heavy atom. The summed E-state index contributed by atoms with van der Waals surface area (Å²) < 4.78 is 0. The summed E-state index contributed by atoms with van der Waals surface area (Å²) in [6, 6.07) is 9.62. The molecule has 4 aliphatic carbocycles. The van der Waals surface area contributed by atoms with E-state index in [1.807, 2.05) is 26.1 Å². The summed E-state index contributed by atoms with van der Waals surface area (Å²) in [4.78, 5) is 12.3. The summed E-state index contributed by atoms with van der Waals surface area (Å²) in [6.45, 7) is 9.88. The van der Waals surface area contributed by atoms with Gasteiger partial charge < -0.3 is 31.1 Å². The van der Waals surface area contributed by atoms with Gasteiger partial charge in [0.1, 0.15) is 6.29 Å². The van der Waals surface area contributed by atoms with E-state index in [-0.39, 0.29) is 42.8 Å². The molecule has 4 bridgehead atoms. The number of aliphatic hydroxyl groups excluding tert-OH is 3. The summed E-state index contributed by atoms with van der Waals surface area (Å²) in [7, 11) is 1.87. The molecule has 6 rings (SSSR count). The first-order chi connectivity index (χ1) is 26.6. The second-order valence-electron chi connectivity index (χ2n) is 17.7. The highest BCUT2D eigenvalue weighted by Gasteiger charge is 2.68. The van der Waals surface area contributed by atoms with Crippen molar-refractivity contribution in [3.63, 3.8) is 0 Å². The van der Waals surface area contributed by atoms with E-state index < -0.39 is 17.1 Å². The number of aldehydes is 1. The van der Waals surface area contributed by atoms with Crippen molar-refractivity contribution in [2.24, 2.45) is 40.9 Å². The third kappa shape index (κ3) is 8.68. The number of benzene rings is 1. The molecular formula is C48H68N2O5. The largest absolute Gasteiger partial charge is 0.396 e. The highest BCUT2D eigenvalue weighted by molar-refractivity contribution is 5.74. The van der Waals surface area contributed by atoms with Gasteiger partial charge in [-0.1, -0.05) is 96.9 Å².